The van der Waals surface area contributed by atoms with Gasteiger partial charge >= 0.3 is 0 Å². The van der Waals surface area contributed by atoms with Crippen molar-refractivity contribution >= 4 is 23.3 Å². The van der Waals surface area contributed by atoms with Crippen LogP contribution in [-0.2, 0) is 11.3 Å². The van der Waals surface area contributed by atoms with Crippen molar-refractivity contribution in [1.82, 2.24) is 9.88 Å². The minimum absolute atomic E-state index is 0.135. The molecule has 0 radical (unpaired) electrons. The van der Waals surface area contributed by atoms with Gasteiger partial charge in [-0.15, -0.1) is 0 Å². The molecule has 0 saturated carbocycles. The summed E-state index contributed by atoms with van der Waals surface area (Å²) in [7, 11) is 0. The normalized spacial score (nSPS) is 16.5. The number of benzene rings is 1. The summed E-state index contributed by atoms with van der Waals surface area (Å²) in [6.45, 7) is 8.62. The molecule has 2 amide bonds. The minimum atomic E-state index is -0.258. The summed E-state index contributed by atoms with van der Waals surface area (Å²) in [6, 6.07) is 11.4. The van der Waals surface area contributed by atoms with Gasteiger partial charge in [0.2, 0.25) is 5.91 Å². The van der Waals surface area contributed by atoms with Crippen LogP contribution in [0.15, 0.2) is 42.6 Å². The van der Waals surface area contributed by atoms with Gasteiger partial charge in [0.15, 0.2) is 0 Å². The quantitative estimate of drug-likeness (QED) is 0.699. The number of carbonyl (C=O) groups excluding carboxylic acids is 2. The first-order chi connectivity index (χ1) is 14.5. The Bertz CT molecular complexity index is 847. The summed E-state index contributed by atoms with van der Waals surface area (Å²) in [6.07, 6.45) is 3.39. The fourth-order valence-corrected chi connectivity index (χ4v) is 3.73. The lowest BCUT2D eigenvalue weighted by Gasteiger charge is -2.32. The molecule has 1 aliphatic heterocycles. The van der Waals surface area contributed by atoms with E-state index in [1.807, 2.05) is 36.4 Å². The van der Waals surface area contributed by atoms with E-state index in [4.69, 9.17) is 5.73 Å². The zero-order valence-corrected chi connectivity index (χ0v) is 17.8. The second kappa shape index (κ2) is 10.2. The number of piperidine rings is 1. The molecule has 0 bridgehead atoms. The van der Waals surface area contributed by atoms with Gasteiger partial charge in [0.05, 0.1) is 17.8 Å². The number of primary amides is 1. The van der Waals surface area contributed by atoms with Gasteiger partial charge in [-0.25, -0.2) is 4.98 Å². The Labute approximate surface area is 178 Å². The standard InChI is InChI=1S/C23H31N5O2/c1-3-27(4-2)15-17-7-9-18(10-8-17)23(30)26-20-11-12-21(25-14-20)28-13-5-6-19(16-28)22(24)29/h7-12,14,19H,3-6,13,15-16H2,1-2H3,(H2,24,29)(H,26,30). The number of pyridine rings is 1. The van der Waals surface area contributed by atoms with E-state index in [1.54, 1.807) is 6.20 Å². The first-order valence-corrected chi connectivity index (χ1v) is 10.6. The van der Waals surface area contributed by atoms with Gasteiger partial charge in [0, 0.05) is 25.2 Å². The maximum atomic E-state index is 12.6. The Morgan fingerprint density at radius 1 is 1.17 bits per heavy atom. The van der Waals surface area contributed by atoms with Crippen LogP contribution in [0.2, 0.25) is 0 Å². The summed E-state index contributed by atoms with van der Waals surface area (Å²) in [5.74, 6) is 0.238. The molecule has 1 atom stereocenters. The van der Waals surface area contributed by atoms with E-state index in [2.05, 4.69) is 33.9 Å². The lowest BCUT2D eigenvalue weighted by atomic mass is 9.97. The Hall–Kier alpha value is -2.93. The molecule has 2 heterocycles. The average Bonchev–Trinajstić information content (AvgIpc) is 2.78. The summed E-state index contributed by atoms with van der Waals surface area (Å²) < 4.78 is 0. The maximum Gasteiger partial charge on any atom is 0.255 e. The van der Waals surface area contributed by atoms with Crippen LogP contribution in [0.5, 0.6) is 0 Å². The van der Waals surface area contributed by atoms with E-state index in [0.29, 0.717) is 17.8 Å². The molecule has 1 aromatic carbocycles. The molecule has 3 rings (SSSR count). The SMILES string of the molecule is CCN(CC)Cc1ccc(C(=O)Nc2ccc(N3CCCC(C(N)=O)C3)nc2)cc1. The van der Waals surface area contributed by atoms with Crippen LogP contribution in [0.25, 0.3) is 0 Å². The van der Waals surface area contributed by atoms with Crippen LogP contribution in [-0.4, -0.2) is 47.9 Å². The van der Waals surface area contributed by atoms with E-state index in [0.717, 1.165) is 44.8 Å². The van der Waals surface area contributed by atoms with E-state index in [9.17, 15) is 9.59 Å². The Morgan fingerprint density at radius 2 is 1.90 bits per heavy atom. The van der Waals surface area contributed by atoms with Gasteiger partial charge in [0.1, 0.15) is 5.82 Å². The largest absolute Gasteiger partial charge is 0.369 e. The topological polar surface area (TPSA) is 91.6 Å². The third-order valence-electron chi connectivity index (χ3n) is 5.67. The number of anilines is 2. The number of nitrogens with zero attached hydrogens (tertiary/aromatic N) is 3. The van der Waals surface area contributed by atoms with Crippen LogP contribution in [0.3, 0.4) is 0 Å². The molecule has 1 fully saturated rings. The molecule has 160 valence electrons. The molecule has 1 saturated heterocycles. The monoisotopic (exact) mass is 409 g/mol. The lowest BCUT2D eigenvalue weighted by molar-refractivity contribution is -0.122. The predicted molar refractivity (Wildman–Crippen MR) is 119 cm³/mol. The predicted octanol–water partition coefficient (Wildman–Crippen LogP) is 2.88. The highest BCUT2D eigenvalue weighted by Gasteiger charge is 2.24. The zero-order chi connectivity index (χ0) is 21.5. The number of nitrogens with one attached hydrogen (secondary N) is 1. The van der Waals surface area contributed by atoms with E-state index in [1.165, 1.54) is 5.56 Å². The Kier molecular flexibility index (Phi) is 7.41. The van der Waals surface area contributed by atoms with Crippen LogP contribution in [0.4, 0.5) is 11.5 Å². The van der Waals surface area contributed by atoms with Gasteiger partial charge in [-0.05, 0) is 55.8 Å². The van der Waals surface area contributed by atoms with Gasteiger partial charge in [-0.3, -0.25) is 14.5 Å². The molecule has 0 aliphatic carbocycles. The molecule has 1 aromatic heterocycles. The lowest BCUT2D eigenvalue weighted by Crippen LogP contribution is -2.41. The first kappa shape index (κ1) is 21.8. The van der Waals surface area contributed by atoms with Crippen LogP contribution in [0, 0.1) is 5.92 Å². The molecule has 30 heavy (non-hydrogen) atoms. The van der Waals surface area contributed by atoms with Crippen LogP contribution >= 0.6 is 0 Å². The van der Waals surface area contributed by atoms with Crippen molar-refractivity contribution in [3.8, 4) is 0 Å². The molecule has 7 heteroatoms. The van der Waals surface area contributed by atoms with Crippen LogP contribution in [0.1, 0.15) is 42.6 Å². The van der Waals surface area contributed by atoms with E-state index < -0.39 is 0 Å². The van der Waals surface area contributed by atoms with Gasteiger partial charge in [-0.2, -0.15) is 0 Å². The van der Waals surface area contributed by atoms with Crippen molar-refractivity contribution < 1.29 is 9.59 Å². The van der Waals surface area contributed by atoms with Gasteiger partial charge < -0.3 is 16.0 Å². The Morgan fingerprint density at radius 3 is 2.50 bits per heavy atom. The Balaban J connectivity index is 1.58. The van der Waals surface area contributed by atoms with Crippen LogP contribution < -0.4 is 16.0 Å². The summed E-state index contributed by atoms with van der Waals surface area (Å²) in [5.41, 5.74) is 7.90. The summed E-state index contributed by atoms with van der Waals surface area (Å²) in [4.78, 5) is 32.9. The minimum Gasteiger partial charge on any atom is -0.369 e. The number of hydrogen-bond acceptors (Lipinski definition) is 5. The van der Waals surface area contributed by atoms with Crippen molar-refractivity contribution in [2.75, 3.05) is 36.4 Å². The number of rotatable bonds is 8. The number of nitrogens with two attached hydrogens (primary N) is 1. The summed E-state index contributed by atoms with van der Waals surface area (Å²) >= 11 is 0. The molecule has 3 N–H and O–H groups in total. The third kappa shape index (κ3) is 5.57. The second-order valence-corrected chi connectivity index (χ2v) is 7.71. The molecule has 7 nitrogen and oxygen atoms in total. The fraction of sp³-hybridized carbons (Fsp3) is 0.435. The van der Waals surface area contributed by atoms with E-state index in [-0.39, 0.29) is 17.7 Å². The first-order valence-electron chi connectivity index (χ1n) is 10.6. The number of hydrogen-bond donors (Lipinski definition) is 2. The van der Waals surface area contributed by atoms with Crippen molar-refractivity contribution in [3.05, 3.63) is 53.7 Å². The van der Waals surface area contributed by atoms with Crippen molar-refractivity contribution in [2.24, 2.45) is 11.7 Å². The zero-order valence-electron chi connectivity index (χ0n) is 17.8. The van der Waals surface area contributed by atoms with Gasteiger partial charge in [0.25, 0.3) is 5.91 Å². The average molecular weight is 410 g/mol. The van der Waals surface area contributed by atoms with Crippen molar-refractivity contribution in [2.45, 2.75) is 33.2 Å². The highest BCUT2D eigenvalue weighted by molar-refractivity contribution is 6.04. The smallest absolute Gasteiger partial charge is 0.255 e. The summed E-state index contributed by atoms with van der Waals surface area (Å²) in [5, 5.41) is 2.89. The molecule has 0 spiro atoms. The maximum absolute atomic E-state index is 12.6. The highest BCUT2D eigenvalue weighted by atomic mass is 16.2. The van der Waals surface area contributed by atoms with Crippen molar-refractivity contribution in [1.29, 1.82) is 0 Å². The number of aromatic nitrogens is 1. The fourth-order valence-electron chi connectivity index (χ4n) is 3.73. The molecule has 1 unspecified atom stereocenters. The van der Waals surface area contributed by atoms with Gasteiger partial charge in [-0.1, -0.05) is 26.0 Å². The second-order valence-electron chi connectivity index (χ2n) is 7.71. The highest BCUT2D eigenvalue weighted by Crippen LogP contribution is 2.22. The molecule has 2 aromatic rings. The molecule has 1 aliphatic rings. The molecular weight excluding hydrogens is 378 g/mol. The van der Waals surface area contributed by atoms with Crippen molar-refractivity contribution in [3.63, 3.8) is 0 Å². The third-order valence-corrected chi connectivity index (χ3v) is 5.67. The molecular formula is C23H31N5O2. The van der Waals surface area contributed by atoms with E-state index >= 15 is 0 Å². The number of carbonyl (C=O) groups is 2. The number of amides is 2.